The molecular weight excluding hydrogens is 426 g/mol. The van der Waals surface area contributed by atoms with Gasteiger partial charge >= 0.3 is 0 Å². The smallest absolute Gasteiger partial charge is 0.163 e. The van der Waals surface area contributed by atoms with Crippen LogP contribution >= 0.6 is 0 Å². The Labute approximate surface area is 204 Å². The van der Waals surface area contributed by atoms with Crippen LogP contribution in [0.3, 0.4) is 0 Å². The summed E-state index contributed by atoms with van der Waals surface area (Å²) in [5.74, 6) is 0.926. The number of benzene rings is 2. The van der Waals surface area contributed by atoms with Crippen molar-refractivity contribution in [1.29, 1.82) is 0 Å². The van der Waals surface area contributed by atoms with E-state index in [1.165, 1.54) is 18.7 Å². The molecular formula is C29H39NO4. The van der Waals surface area contributed by atoms with Crippen molar-refractivity contribution < 1.29 is 19.4 Å². The van der Waals surface area contributed by atoms with Crippen LogP contribution in [0.1, 0.15) is 62.1 Å². The van der Waals surface area contributed by atoms with Crippen LogP contribution in [0.5, 0.6) is 11.5 Å². The summed E-state index contributed by atoms with van der Waals surface area (Å²) in [7, 11) is 3.47. The van der Waals surface area contributed by atoms with Crippen LogP contribution in [-0.2, 0) is 22.4 Å². The Balaban J connectivity index is 1.86. The first-order valence-corrected chi connectivity index (χ1v) is 12.2. The van der Waals surface area contributed by atoms with Crippen molar-refractivity contribution in [3.05, 3.63) is 65.2 Å². The number of carbonyl (C=O) groups excluding carboxylic acids is 2. The Morgan fingerprint density at radius 2 is 1.85 bits per heavy atom. The molecule has 1 unspecified atom stereocenters. The minimum Gasteiger partial charge on any atom is -0.504 e. The number of aryl methyl sites for hydroxylation is 2. The topological polar surface area (TPSA) is 75.6 Å². The summed E-state index contributed by atoms with van der Waals surface area (Å²) in [4.78, 5) is 24.5. The number of nitrogens with one attached hydrogen (secondary N) is 1. The molecule has 0 spiro atoms. The van der Waals surface area contributed by atoms with Gasteiger partial charge in [0.15, 0.2) is 17.3 Å². The fraction of sp³-hybridized carbons (Fsp3) is 0.448. The summed E-state index contributed by atoms with van der Waals surface area (Å²) in [6.07, 6.45) is 9.07. The van der Waals surface area contributed by atoms with E-state index >= 15 is 0 Å². The second-order valence-corrected chi connectivity index (χ2v) is 8.99. The fourth-order valence-corrected chi connectivity index (χ4v) is 4.03. The number of hydrogen-bond acceptors (Lipinski definition) is 5. The number of hydrogen-bond donors (Lipinski definition) is 2. The van der Waals surface area contributed by atoms with Crippen molar-refractivity contribution in [2.75, 3.05) is 20.7 Å². The van der Waals surface area contributed by atoms with E-state index in [2.05, 4.69) is 24.4 Å². The SMILES string of the molecule is CNCC(C)CCCCCC(=O)CC(=O)C=Cc1cc(CCc2ccccc2)c(O)c(OC)c1. The molecule has 0 aliphatic rings. The van der Waals surface area contributed by atoms with Crippen molar-refractivity contribution in [3.8, 4) is 11.5 Å². The van der Waals surface area contributed by atoms with E-state index in [0.717, 1.165) is 49.8 Å². The number of rotatable bonds is 16. The molecule has 2 rings (SSSR count). The molecule has 34 heavy (non-hydrogen) atoms. The molecule has 0 aliphatic carbocycles. The van der Waals surface area contributed by atoms with Gasteiger partial charge in [-0.15, -0.1) is 0 Å². The lowest BCUT2D eigenvalue weighted by atomic mass is 10.00. The van der Waals surface area contributed by atoms with Gasteiger partial charge in [-0.2, -0.15) is 0 Å². The van der Waals surface area contributed by atoms with E-state index in [-0.39, 0.29) is 23.7 Å². The molecule has 184 valence electrons. The first-order chi connectivity index (χ1) is 16.4. The summed E-state index contributed by atoms with van der Waals surface area (Å²) in [5.41, 5.74) is 2.70. The van der Waals surface area contributed by atoms with E-state index in [1.54, 1.807) is 12.1 Å². The number of Topliss-reactive ketones (excluding diaryl/α,β-unsaturated/α-hetero) is 1. The van der Waals surface area contributed by atoms with E-state index in [1.807, 2.05) is 31.3 Å². The van der Waals surface area contributed by atoms with Gasteiger partial charge in [-0.3, -0.25) is 9.59 Å². The van der Waals surface area contributed by atoms with E-state index in [0.29, 0.717) is 24.5 Å². The zero-order valence-corrected chi connectivity index (χ0v) is 20.8. The monoisotopic (exact) mass is 465 g/mol. The number of ketones is 2. The van der Waals surface area contributed by atoms with Gasteiger partial charge in [-0.25, -0.2) is 0 Å². The van der Waals surface area contributed by atoms with Crippen molar-refractivity contribution >= 4 is 17.6 Å². The lowest BCUT2D eigenvalue weighted by molar-refractivity contribution is -0.124. The van der Waals surface area contributed by atoms with Gasteiger partial charge in [-0.05, 0) is 80.1 Å². The maximum absolute atomic E-state index is 12.3. The molecule has 5 heteroatoms. The normalized spacial score (nSPS) is 12.1. The van der Waals surface area contributed by atoms with E-state index < -0.39 is 0 Å². The predicted octanol–water partition coefficient (Wildman–Crippen LogP) is 5.53. The molecule has 0 bridgehead atoms. The number of phenolic OH excluding ortho intramolecular Hbond substituents is 1. The third-order valence-corrected chi connectivity index (χ3v) is 5.96. The van der Waals surface area contributed by atoms with Gasteiger partial charge in [0.05, 0.1) is 13.5 Å². The van der Waals surface area contributed by atoms with Gasteiger partial charge in [0, 0.05) is 6.42 Å². The third-order valence-electron chi connectivity index (χ3n) is 5.96. The van der Waals surface area contributed by atoms with Crippen LogP contribution in [-0.4, -0.2) is 37.4 Å². The number of unbranched alkanes of at least 4 members (excludes halogenated alkanes) is 2. The Bertz CT molecular complexity index is 937. The highest BCUT2D eigenvalue weighted by Crippen LogP contribution is 2.33. The average Bonchev–Trinajstić information content (AvgIpc) is 2.83. The number of aromatic hydroxyl groups is 1. The van der Waals surface area contributed by atoms with Gasteiger partial charge in [0.2, 0.25) is 0 Å². The van der Waals surface area contributed by atoms with Crippen LogP contribution in [0.15, 0.2) is 48.5 Å². The fourth-order valence-electron chi connectivity index (χ4n) is 4.03. The first kappa shape index (κ1) is 27.3. The predicted molar refractivity (Wildman–Crippen MR) is 138 cm³/mol. The Kier molecular flexibility index (Phi) is 12.1. The van der Waals surface area contributed by atoms with Gasteiger partial charge in [-0.1, -0.05) is 56.2 Å². The first-order valence-electron chi connectivity index (χ1n) is 12.2. The molecule has 0 fully saturated rings. The minimum absolute atomic E-state index is 0.00948. The molecule has 5 nitrogen and oxygen atoms in total. The van der Waals surface area contributed by atoms with Crippen LogP contribution in [0, 0.1) is 5.92 Å². The number of allylic oxidation sites excluding steroid dienone is 1. The molecule has 0 saturated heterocycles. The second-order valence-electron chi connectivity index (χ2n) is 8.99. The average molecular weight is 466 g/mol. The molecule has 0 amide bonds. The molecule has 1 atom stereocenters. The van der Waals surface area contributed by atoms with Crippen LogP contribution < -0.4 is 10.1 Å². The van der Waals surface area contributed by atoms with Gasteiger partial charge < -0.3 is 15.2 Å². The van der Waals surface area contributed by atoms with Crippen LogP contribution in [0.25, 0.3) is 6.08 Å². The van der Waals surface area contributed by atoms with Gasteiger partial charge in [0.25, 0.3) is 0 Å². The molecule has 0 radical (unpaired) electrons. The number of methoxy groups -OCH3 is 1. The molecule has 2 N–H and O–H groups in total. The Morgan fingerprint density at radius 1 is 1.09 bits per heavy atom. The lowest BCUT2D eigenvalue weighted by Gasteiger charge is -2.11. The van der Waals surface area contributed by atoms with E-state index in [9.17, 15) is 14.7 Å². The molecule has 2 aromatic rings. The molecule has 2 aromatic carbocycles. The zero-order valence-electron chi connectivity index (χ0n) is 20.8. The lowest BCUT2D eigenvalue weighted by Crippen LogP contribution is -2.15. The Morgan fingerprint density at radius 3 is 2.56 bits per heavy atom. The highest BCUT2D eigenvalue weighted by molar-refractivity contribution is 6.06. The highest BCUT2D eigenvalue weighted by atomic mass is 16.5. The van der Waals surface area contributed by atoms with E-state index in [4.69, 9.17) is 4.74 Å². The standard InChI is InChI=1S/C29H39NO4/c1-22(21-30-2)10-6-4-9-13-26(31)20-27(32)17-15-24-18-25(29(33)28(19-24)34-3)16-14-23-11-7-5-8-12-23/h5,7-8,11-12,15,17-19,22,30,33H,4,6,9-10,13-14,16,20-21H2,1-3H3. The number of phenols is 1. The maximum atomic E-state index is 12.3. The molecule has 0 heterocycles. The third kappa shape index (κ3) is 9.92. The summed E-state index contributed by atoms with van der Waals surface area (Å²) in [6, 6.07) is 13.6. The molecule has 0 aliphatic heterocycles. The van der Waals surface area contributed by atoms with Gasteiger partial charge in [0.1, 0.15) is 5.78 Å². The summed E-state index contributed by atoms with van der Waals surface area (Å²) in [6.45, 7) is 3.24. The largest absolute Gasteiger partial charge is 0.504 e. The quantitative estimate of drug-likeness (QED) is 0.194. The van der Waals surface area contributed by atoms with Crippen LogP contribution in [0.4, 0.5) is 0 Å². The molecule has 0 aromatic heterocycles. The second kappa shape index (κ2) is 15.1. The molecule has 0 saturated carbocycles. The maximum Gasteiger partial charge on any atom is 0.163 e. The van der Waals surface area contributed by atoms with Crippen molar-refractivity contribution in [3.63, 3.8) is 0 Å². The minimum atomic E-state index is -0.203. The Hall–Kier alpha value is -2.92. The van der Waals surface area contributed by atoms with Crippen molar-refractivity contribution in [1.82, 2.24) is 5.32 Å². The summed E-state index contributed by atoms with van der Waals surface area (Å²) < 4.78 is 5.32. The van der Waals surface area contributed by atoms with Crippen LogP contribution in [0.2, 0.25) is 0 Å². The summed E-state index contributed by atoms with van der Waals surface area (Å²) in [5, 5.41) is 13.7. The van der Waals surface area contributed by atoms with Crippen molar-refractivity contribution in [2.24, 2.45) is 5.92 Å². The number of ether oxygens (including phenoxy) is 1. The zero-order chi connectivity index (χ0) is 24.8. The number of carbonyl (C=O) groups is 2. The highest BCUT2D eigenvalue weighted by Gasteiger charge is 2.11. The van der Waals surface area contributed by atoms with Crippen molar-refractivity contribution in [2.45, 2.75) is 58.3 Å². The summed E-state index contributed by atoms with van der Waals surface area (Å²) >= 11 is 0.